The maximum atomic E-state index is 11.8. The number of anilines is 1. The van der Waals surface area contributed by atoms with E-state index in [1.165, 1.54) is 6.42 Å². The molecule has 2 unspecified atom stereocenters. The second-order valence-electron chi connectivity index (χ2n) is 5.97. The maximum absolute atomic E-state index is 11.8. The van der Waals surface area contributed by atoms with E-state index in [-0.39, 0.29) is 11.6 Å². The van der Waals surface area contributed by atoms with Gasteiger partial charge in [-0.05, 0) is 38.5 Å². The van der Waals surface area contributed by atoms with Gasteiger partial charge in [-0.3, -0.25) is 4.79 Å². The highest BCUT2D eigenvalue weighted by Crippen LogP contribution is 2.38. The third kappa shape index (κ3) is 2.81. The number of H-pyrrole nitrogens is 1. The Labute approximate surface area is 113 Å². The van der Waals surface area contributed by atoms with E-state index in [2.05, 4.69) is 21.8 Å². The summed E-state index contributed by atoms with van der Waals surface area (Å²) in [5.74, 6) is 2.67. The summed E-state index contributed by atoms with van der Waals surface area (Å²) >= 11 is 0. The van der Waals surface area contributed by atoms with E-state index in [9.17, 15) is 4.79 Å². The number of aromatic nitrogens is 2. The standard InChI is InChI=1S/C14H22N4O/c1-9(15)11-3-2-6-18(8-11)12-7-13(19)17-14(16-12)10-4-5-10/h7,9-11H,2-6,8,15H2,1H3,(H,16,17,19). The van der Waals surface area contributed by atoms with Gasteiger partial charge in [0.25, 0.3) is 5.56 Å². The first kappa shape index (κ1) is 12.7. The van der Waals surface area contributed by atoms with Crippen LogP contribution in [0.4, 0.5) is 5.82 Å². The summed E-state index contributed by atoms with van der Waals surface area (Å²) in [6.45, 7) is 3.96. The zero-order chi connectivity index (χ0) is 13.4. The third-order valence-corrected chi connectivity index (χ3v) is 4.24. The predicted molar refractivity (Wildman–Crippen MR) is 75.4 cm³/mol. The first-order chi connectivity index (χ1) is 9.13. The minimum Gasteiger partial charge on any atom is -0.356 e. The maximum Gasteiger partial charge on any atom is 0.252 e. The lowest BCUT2D eigenvalue weighted by Crippen LogP contribution is -2.43. The Hall–Kier alpha value is -1.36. The zero-order valence-corrected chi connectivity index (χ0v) is 11.4. The van der Waals surface area contributed by atoms with Crippen LogP contribution in [0.5, 0.6) is 0 Å². The number of hydrogen-bond acceptors (Lipinski definition) is 4. The van der Waals surface area contributed by atoms with Gasteiger partial charge in [-0.2, -0.15) is 0 Å². The van der Waals surface area contributed by atoms with Crippen LogP contribution >= 0.6 is 0 Å². The fraction of sp³-hybridized carbons (Fsp3) is 0.714. The smallest absolute Gasteiger partial charge is 0.252 e. The Bertz CT molecular complexity index is 506. The summed E-state index contributed by atoms with van der Waals surface area (Å²) in [6, 6.07) is 1.82. The summed E-state index contributed by atoms with van der Waals surface area (Å²) in [7, 11) is 0. The quantitative estimate of drug-likeness (QED) is 0.858. The molecule has 5 heteroatoms. The van der Waals surface area contributed by atoms with Crippen LogP contribution in [-0.4, -0.2) is 29.1 Å². The van der Waals surface area contributed by atoms with Gasteiger partial charge in [0.05, 0.1) is 0 Å². The molecule has 2 atom stereocenters. The Morgan fingerprint density at radius 1 is 1.47 bits per heavy atom. The SMILES string of the molecule is CC(N)C1CCCN(c2cc(=O)[nH]c(C3CC3)n2)C1. The molecule has 2 aliphatic rings. The van der Waals surface area contributed by atoms with Gasteiger partial charge in [-0.15, -0.1) is 0 Å². The number of rotatable bonds is 3. The summed E-state index contributed by atoms with van der Waals surface area (Å²) in [6.07, 6.45) is 4.59. The molecule has 5 nitrogen and oxygen atoms in total. The normalized spacial score (nSPS) is 25.4. The van der Waals surface area contributed by atoms with Crippen molar-refractivity contribution in [2.24, 2.45) is 11.7 Å². The third-order valence-electron chi connectivity index (χ3n) is 4.24. The first-order valence-electron chi connectivity index (χ1n) is 7.25. The second kappa shape index (κ2) is 4.96. The molecular weight excluding hydrogens is 240 g/mol. The Kier molecular flexibility index (Phi) is 3.31. The van der Waals surface area contributed by atoms with Crippen LogP contribution in [0.2, 0.25) is 0 Å². The Morgan fingerprint density at radius 2 is 2.26 bits per heavy atom. The number of piperidine rings is 1. The molecule has 1 aliphatic heterocycles. The van der Waals surface area contributed by atoms with Crippen LogP contribution in [0.3, 0.4) is 0 Å². The molecule has 1 saturated heterocycles. The number of nitrogens with zero attached hydrogens (tertiary/aromatic N) is 2. The van der Waals surface area contributed by atoms with Crippen LogP contribution in [0, 0.1) is 5.92 Å². The van der Waals surface area contributed by atoms with E-state index in [0.717, 1.165) is 44.0 Å². The van der Waals surface area contributed by atoms with Crippen molar-refractivity contribution in [3.8, 4) is 0 Å². The van der Waals surface area contributed by atoms with E-state index in [1.807, 2.05) is 0 Å². The molecule has 1 saturated carbocycles. The lowest BCUT2D eigenvalue weighted by atomic mass is 9.92. The topological polar surface area (TPSA) is 75.0 Å². The first-order valence-corrected chi connectivity index (χ1v) is 7.25. The number of nitrogens with two attached hydrogens (primary N) is 1. The number of nitrogens with one attached hydrogen (secondary N) is 1. The molecule has 1 aliphatic carbocycles. The van der Waals surface area contributed by atoms with Crippen molar-refractivity contribution in [1.29, 1.82) is 0 Å². The largest absolute Gasteiger partial charge is 0.356 e. The molecule has 1 aromatic rings. The molecule has 0 radical (unpaired) electrons. The van der Waals surface area contributed by atoms with E-state index in [4.69, 9.17) is 5.73 Å². The molecule has 1 aromatic heterocycles. The van der Waals surface area contributed by atoms with Gasteiger partial charge in [0.15, 0.2) is 0 Å². The van der Waals surface area contributed by atoms with Gasteiger partial charge in [0.1, 0.15) is 11.6 Å². The van der Waals surface area contributed by atoms with Crippen molar-refractivity contribution in [2.45, 2.75) is 44.6 Å². The van der Waals surface area contributed by atoms with Gasteiger partial charge in [-0.1, -0.05) is 0 Å². The van der Waals surface area contributed by atoms with Gasteiger partial charge in [0.2, 0.25) is 0 Å². The van der Waals surface area contributed by atoms with Crippen molar-refractivity contribution < 1.29 is 0 Å². The highest BCUT2D eigenvalue weighted by atomic mass is 16.1. The van der Waals surface area contributed by atoms with E-state index < -0.39 is 0 Å². The number of aromatic amines is 1. The van der Waals surface area contributed by atoms with Crippen LogP contribution in [0.1, 0.15) is 44.3 Å². The monoisotopic (exact) mass is 262 g/mol. The van der Waals surface area contributed by atoms with Crippen LogP contribution in [0.25, 0.3) is 0 Å². The summed E-state index contributed by atoms with van der Waals surface area (Å²) in [5.41, 5.74) is 5.98. The molecule has 0 amide bonds. The van der Waals surface area contributed by atoms with Crippen molar-refractivity contribution >= 4 is 5.82 Å². The lowest BCUT2D eigenvalue weighted by molar-refractivity contribution is 0.363. The van der Waals surface area contributed by atoms with Crippen LogP contribution in [-0.2, 0) is 0 Å². The van der Waals surface area contributed by atoms with Crippen molar-refractivity contribution in [2.75, 3.05) is 18.0 Å². The lowest BCUT2D eigenvalue weighted by Gasteiger charge is -2.35. The van der Waals surface area contributed by atoms with Gasteiger partial charge in [-0.25, -0.2) is 4.98 Å². The van der Waals surface area contributed by atoms with Crippen molar-refractivity contribution in [3.05, 3.63) is 22.2 Å². The van der Waals surface area contributed by atoms with E-state index >= 15 is 0 Å². The van der Waals surface area contributed by atoms with Gasteiger partial charge in [0, 0.05) is 31.1 Å². The molecular formula is C14H22N4O. The van der Waals surface area contributed by atoms with E-state index in [1.54, 1.807) is 6.07 Å². The molecule has 0 spiro atoms. The average molecular weight is 262 g/mol. The molecule has 19 heavy (non-hydrogen) atoms. The van der Waals surface area contributed by atoms with Gasteiger partial charge >= 0.3 is 0 Å². The fourth-order valence-electron chi connectivity index (χ4n) is 2.82. The van der Waals surface area contributed by atoms with Crippen molar-refractivity contribution in [1.82, 2.24) is 9.97 Å². The molecule has 0 bridgehead atoms. The van der Waals surface area contributed by atoms with Gasteiger partial charge < -0.3 is 15.6 Å². The van der Waals surface area contributed by atoms with E-state index in [0.29, 0.717) is 11.8 Å². The molecule has 3 rings (SSSR count). The highest BCUT2D eigenvalue weighted by molar-refractivity contribution is 5.38. The molecule has 3 N–H and O–H groups in total. The minimum atomic E-state index is -0.0326. The molecule has 0 aromatic carbocycles. The highest BCUT2D eigenvalue weighted by Gasteiger charge is 2.28. The summed E-state index contributed by atoms with van der Waals surface area (Å²) < 4.78 is 0. The van der Waals surface area contributed by atoms with Crippen LogP contribution in [0.15, 0.2) is 10.9 Å². The molecule has 2 heterocycles. The number of hydrogen-bond donors (Lipinski definition) is 2. The minimum absolute atomic E-state index is 0.0326. The Morgan fingerprint density at radius 3 is 2.95 bits per heavy atom. The van der Waals surface area contributed by atoms with Crippen LogP contribution < -0.4 is 16.2 Å². The Balaban J connectivity index is 1.82. The molecule has 2 fully saturated rings. The summed E-state index contributed by atoms with van der Waals surface area (Å²) in [5, 5.41) is 0. The average Bonchev–Trinajstić information content (AvgIpc) is 3.22. The predicted octanol–water partition coefficient (Wildman–Crippen LogP) is 1.21. The second-order valence-corrected chi connectivity index (χ2v) is 5.97. The fourth-order valence-corrected chi connectivity index (χ4v) is 2.82. The zero-order valence-electron chi connectivity index (χ0n) is 11.4. The summed E-state index contributed by atoms with van der Waals surface area (Å²) in [4.78, 5) is 21.5. The molecule has 104 valence electrons. The van der Waals surface area contributed by atoms with Crippen molar-refractivity contribution in [3.63, 3.8) is 0 Å².